The molecule has 1 rings (SSSR count). The van der Waals surface area contributed by atoms with Crippen molar-refractivity contribution >= 4 is 15.9 Å². The Labute approximate surface area is 93.0 Å². The minimum absolute atomic E-state index is 0.213. The van der Waals surface area contributed by atoms with Gasteiger partial charge in [-0.05, 0) is 42.0 Å². The molecule has 1 unspecified atom stereocenters. The first-order valence-corrected chi connectivity index (χ1v) is 5.38. The Balaban J connectivity index is 2.34. The van der Waals surface area contributed by atoms with Gasteiger partial charge < -0.3 is 10.1 Å². The molecule has 0 saturated heterocycles. The van der Waals surface area contributed by atoms with Gasteiger partial charge in [-0.3, -0.25) is 4.98 Å². The Kier molecular flexibility index (Phi) is 5.07. The SMILES string of the molecule is CNCC(C)OCc1ccc(Br)cn1. The van der Waals surface area contributed by atoms with E-state index in [1.807, 2.05) is 26.1 Å². The van der Waals surface area contributed by atoms with Crippen LogP contribution in [0, 0.1) is 0 Å². The molecule has 1 heterocycles. The van der Waals surface area contributed by atoms with Crippen LogP contribution >= 0.6 is 15.9 Å². The third kappa shape index (κ3) is 4.17. The second-order valence-corrected chi connectivity index (χ2v) is 4.06. The lowest BCUT2D eigenvalue weighted by atomic mass is 10.3. The summed E-state index contributed by atoms with van der Waals surface area (Å²) >= 11 is 3.34. The molecule has 0 aliphatic rings. The van der Waals surface area contributed by atoms with Gasteiger partial charge in [0.25, 0.3) is 0 Å². The Morgan fingerprint density at radius 2 is 2.36 bits per heavy atom. The average molecular weight is 259 g/mol. The highest BCUT2D eigenvalue weighted by Crippen LogP contribution is 2.08. The van der Waals surface area contributed by atoms with Gasteiger partial charge in [-0.2, -0.15) is 0 Å². The Bertz CT molecular complexity index is 263. The van der Waals surface area contributed by atoms with Crippen molar-refractivity contribution in [3.63, 3.8) is 0 Å². The number of rotatable bonds is 5. The maximum atomic E-state index is 5.57. The molecule has 14 heavy (non-hydrogen) atoms. The molecule has 4 heteroatoms. The summed E-state index contributed by atoms with van der Waals surface area (Å²) in [6.07, 6.45) is 1.99. The first-order chi connectivity index (χ1) is 6.72. The molecule has 0 aliphatic heterocycles. The van der Waals surface area contributed by atoms with Crippen LogP contribution < -0.4 is 5.32 Å². The Morgan fingerprint density at radius 3 is 2.93 bits per heavy atom. The highest BCUT2D eigenvalue weighted by molar-refractivity contribution is 9.10. The molecule has 0 amide bonds. The lowest BCUT2D eigenvalue weighted by Gasteiger charge is -2.11. The summed E-state index contributed by atoms with van der Waals surface area (Å²) in [5.74, 6) is 0. The summed E-state index contributed by atoms with van der Waals surface area (Å²) in [6, 6.07) is 3.92. The number of hydrogen-bond donors (Lipinski definition) is 1. The number of nitrogens with one attached hydrogen (secondary N) is 1. The summed E-state index contributed by atoms with van der Waals surface area (Å²) in [7, 11) is 1.91. The van der Waals surface area contributed by atoms with E-state index in [-0.39, 0.29) is 6.10 Å². The number of likely N-dealkylation sites (N-methyl/N-ethyl adjacent to an activating group) is 1. The molecule has 1 atom stereocenters. The quantitative estimate of drug-likeness (QED) is 0.877. The smallest absolute Gasteiger partial charge is 0.0892 e. The van der Waals surface area contributed by atoms with E-state index in [1.54, 1.807) is 6.20 Å². The van der Waals surface area contributed by atoms with E-state index in [1.165, 1.54) is 0 Å². The largest absolute Gasteiger partial charge is 0.371 e. The number of pyridine rings is 1. The summed E-state index contributed by atoms with van der Waals surface area (Å²) < 4.78 is 6.56. The van der Waals surface area contributed by atoms with Gasteiger partial charge in [-0.15, -0.1) is 0 Å². The zero-order valence-electron chi connectivity index (χ0n) is 8.46. The molecular formula is C10H15BrN2O. The molecule has 0 saturated carbocycles. The predicted octanol–water partition coefficient (Wildman–Crippen LogP) is 1.97. The van der Waals surface area contributed by atoms with Crippen LogP contribution in [0.2, 0.25) is 0 Å². The molecule has 0 bridgehead atoms. The average Bonchev–Trinajstić information content (AvgIpc) is 2.17. The van der Waals surface area contributed by atoms with Crippen molar-refractivity contribution in [2.75, 3.05) is 13.6 Å². The Hall–Kier alpha value is -0.450. The monoisotopic (exact) mass is 258 g/mol. The van der Waals surface area contributed by atoms with Crippen molar-refractivity contribution in [2.24, 2.45) is 0 Å². The van der Waals surface area contributed by atoms with Crippen molar-refractivity contribution in [2.45, 2.75) is 19.6 Å². The third-order valence-corrected chi connectivity index (χ3v) is 2.27. The molecule has 0 aliphatic carbocycles. The second-order valence-electron chi connectivity index (χ2n) is 3.15. The summed E-state index contributed by atoms with van der Waals surface area (Å²) in [5, 5.41) is 3.06. The van der Waals surface area contributed by atoms with Crippen LogP contribution in [0.15, 0.2) is 22.8 Å². The molecular weight excluding hydrogens is 244 g/mol. The van der Waals surface area contributed by atoms with Gasteiger partial charge in [-0.1, -0.05) is 0 Å². The molecule has 3 nitrogen and oxygen atoms in total. The number of hydrogen-bond acceptors (Lipinski definition) is 3. The zero-order chi connectivity index (χ0) is 10.4. The van der Waals surface area contributed by atoms with E-state index < -0.39 is 0 Å². The van der Waals surface area contributed by atoms with Gasteiger partial charge in [0.05, 0.1) is 18.4 Å². The minimum Gasteiger partial charge on any atom is -0.371 e. The molecule has 78 valence electrons. The van der Waals surface area contributed by atoms with Crippen LogP contribution in [-0.4, -0.2) is 24.7 Å². The maximum absolute atomic E-state index is 5.57. The standard InChI is InChI=1S/C10H15BrN2O/c1-8(5-12-2)14-7-10-4-3-9(11)6-13-10/h3-4,6,8,12H,5,7H2,1-2H3. The minimum atomic E-state index is 0.213. The van der Waals surface area contributed by atoms with Crippen molar-refractivity contribution in [3.05, 3.63) is 28.5 Å². The van der Waals surface area contributed by atoms with Gasteiger partial charge in [-0.25, -0.2) is 0 Å². The van der Waals surface area contributed by atoms with Crippen LogP contribution in [0.3, 0.4) is 0 Å². The van der Waals surface area contributed by atoms with Crippen molar-refractivity contribution in [1.82, 2.24) is 10.3 Å². The molecule has 0 spiro atoms. The third-order valence-electron chi connectivity index (χ3n) is 1.80. The fourth-order valence-corrected chi connectivity index (χ4v) is 1.30. The molecule has 0 radical (unpaired) electrons. The maximum Gasteiger partial charge on any atom is 0.0892 e. The zero-order valence-corrected chi connectivity index (χ0v) is 10.0. The number of aromatic nitrogens is 1. The molecule has 0 fully saturated rings. The summed E-state index contributed by atoms with van der Waals surface area (Å²) in [4.78, 5) is 4.22. The topological polar surface area (TPSA) is 34.1 Å². The highest BCUT2D eigenvalue weighted by Gasteiger charge is 2.01. The number of nitrogens with zero attached hydrogens (tertiary/aromatic N) is 1. The molecule has 0 aromatic carbocycles. The van der Waals surface area contributed by atoms with Crippen LogP contribution in [-0.2, 0) is 11.3 Å². The Morgan fingerprint density at radius 1 is 1.57 bits per heavy atom. The fourth-order valence-electron chi connectivity index (χ4n) is 1.07. The van der Waals surface area contributed by atoms with E-state index in [2.05, 4.69) is 26.2 Å². The van der Waals surface area contributed by atoms with E-state index in [4.69, 9.17) is 4.74 Å². The normalized spacial score (nSPS) is 12.8. The van der Waals surface area contributed by atoms with Crippen LogP contribution in [0.25, 0.3) is 0 Å². The van der Waals surface area contributed by atoms with Crippen molar-refractivity contribution in [1.29, 1.82) is 0 Å². The van der Waals surface area contributed by atoms with E-state index in [0.29, 0.717) is 6.61 Å². The molecule has 1 N–H and O–H groups in total. The van der Waals surface area contributed by atoms with E-state index >= 15 is 0 Å². The van der Waals surface area contributed by atoms with Crippen molar-refractivity contribution < 1.29 is 4.74 Å². The van der Waals surface area contributed by atoms with Gasteiger partial charge in [0.15, 0.2) is 0 Å². The highest BCUT2D eigenvalue weighted by atomic mass is 79.9. The predicted molar refractivity (Wildman–Crippen MR) is 60.1 cm³/mol. The summed E-state index contributed by atoms with van der Waals surface area (Å²) in [6.45, 7) is 3.46. The number of halogens is 1. The lowest BCUT2D eigenvalue weighted by molar-refractivity contribution is 0.0525. The summed E-state index contributed by atoms with van der Waals surface area (Å²) in [5.41, 5.74) is 0.955. The molecule has 1 aromatic rings. The van der Waals surface area contributed by atoms with Crippen LogP contribution in [0.1, 0.15) is 12.6 Å². The van der Waals surface area contributed by atoms with Gasteiger partial charge in [0.2, 0.25) is 0 Å². The lowest BCUT2D eigenvalue weighted by Crippen LogP contribution is -2.23. The molecule has 1 aromatic heterocycles. The van der Waals surface area contributed by atoms with E-state index in [9.17, 15) is 0 Å². The first kappa shape index (κ1) is 11.6. The van der Waals surface area contributed by atoms with Crippen LogP contribution in [0.5, 0.6) is 0 Å². The van der Waals surface area contributed by atoms with Crippen LogP contribution in [0.4, 0.5) is 0 Å². The first-order valence-electron chi connectivity index (χ1n) is 4.59. The van der Waals surface area contributed by atoms with Gasteiger partial charge >= 0.3 is 0 Å². The number of ether oxygens (including phenoxy) is 1. The fraction of sp³-hybridized carbons (Fsp3) is 0.500. The van der Waals surface area contributed by atoms with Gasteiger partial charge in [0.1, 0.15) is 0 Å². The van der Waals surface area contributed by atoms with Crippen molar-refractivity contribution in [3.8, 4) is 0 Å². The second kappa shape index (κ2) is 6.11. The van der Waals surface area contributed by atoms with E-state index in [0.717, 1.165) is 16.7 Å². The van der Waals surface area contributed by atoms with Gasteiger partial charge in [0, 0.05) is 17.2 Å².